The zero-order valence-corrected chi connectivity index (χ0v) is 16.0. The van der Waals surface area contributed by atoms with Crippen LogP contribution in [0.25, 0.3) is 0 Å². The van der Waals surface area contributed by atoms with Crippen molar-refractivity contribution in [1.82, 2.24) is 10.6 Å². The highest BCUT2D eigenvalue weighted by Gasteiger charge is 2.34. The fraction of sp³-hybridized carbons (Fsp3) is 0.211. The summed E-state index contributed by atoms with van der Waals surface area (Å²) in [5, 5.41) is 6.84. The van der Waals surface area contributed by atoms with E-state index in [0.29, 0.717) is 10.9 Å². The molecule has 2 N–H and O–H groups in total. The molecule has 1 atom stereocenters. The van der Waals surface area contributed by atoms with Crippen LogP contribution >= 0.6 is 11.3 Å². The van der Waals surface area contributed by atoms with E-state index < -0.39 is 47.8 Å². The zero-order chi connectivity index (χ0) is 21.0. The topological polar surface area (TPSA) is 93.7 Å². The maximum Gasteiger partial charge on any atom is 0.341 e. The molecule has 2 heterocycles. The van der Waals surface area contributed by atoms with Crippen LogP contribution in [0.4, 0.5) is 13.6 Å². The average Bonchev–Trinajstić information content (AvgIpc) is 3.20. The second kappa shape index (κ2) is 8.82. The van der Waals surface area contributed by atoms with Gasteiger partial charge in [-0.05, 0) is 30.5 Å². The summed E-state index contributed by atoms with van der Waals surface area (Å²) in [7, 11) is 0. The molecule has 2 amide bonds. The second-order valence-electron chi connectivity index (χ2n) is 5.86. The van der Waals surface area contributed by atoms with E-state index >= 15 is 0 Å². The molecular formula is C19H16F2N2O5S. The van der Waals surface area contributed by atoms with Crippen molar-refractivity contribution in [3.05, 3.63) is 69.1 Å². The van der Waals surface area contributed by atoms with Gasteiger partial charge in [-0.15, -0.1) is 11.3 Å². The van der Waals surface area contributed by atoms with Crippen LogP contribution in [-0.4, -0.2) is 31.2 Å². The van der Waals surface area contributed by atoms with Gasteiger partial charge in [0.05, 0.1) is 29.5 Å². The lowest BCUT2D eigenvalue weighted by Gasteiger charge is -2.28. The van der Waals surface area contributed by atoms with E-state index in [9.17, 15) is 23.2 Å². The predicted octanol–water partition coefficient (Wildman–Crippen LogP) is 3.05. The van der Waals surface area contributed by atoms with Gasteiger partial charge in [-0.1, -0.05) is 6.07 Å². The molecule has 1 aromatic carbocycles. The van der Waals surface area contributed by atoms with Crippen molar-refractivity contribution < 1.29 is 32.6 Å². The van der Waals surface area contributed by atoms with Crippen molar-refractivity contribution in [1.29, 1.82) is 0 Å². The standard InChI is InChI=1S/C19H16F2N2O5S/c1-2-27-18(25)15-13(22-19(26)23-16(15)14-4-3-7-29-14)9-28-17(24)11-6-5-10(20)8-12(11)21/h3-8,16H,2,9H2,1H3,(H2,22,23,26)/t16-/m1/s1. The lowest BCUT2D eigenvalue weighted by molar-refractivity contribution is -0.139. The molecule has 1 aromatic heterocycles. The number of thiophene rings is 1. The first kappa shape index (κ1) is 20.5. The summed E-state index contributed by atoms with van der Waals surface area (Å²) >= 11 is 1.32. The number of carbonyl (C=O) groups excluding carboxylic acids is 3. The fourth-order valence-corrected chi connectivity index (χ4v) is 3.51. The Morgan fingerprint density at radius 1 is 1.17 bits per heavy atom. The normalized spacial score (nSPS) is 16.1. The summed E-state index contributed by atoms with van der Waals surface area (Å²) in [5.74, 6) is -3.69. The molecule has 152 valence electrons. The molecule has 1 aliphatic rings. The van der Waals surface area contributed by atoms with Crippen LogP contribution in [-0.2, 0) is 14.3 Å². The van der Waals surface area contributed by atoms with E-state index in [4.69, 9.17) is 9.47 Å². The molecule has 0 fully saturated rings. The monoisotopic (exact) mass is 422 g/mol. The fourth-order valence-electron chi connectivity index (χ4n) is 2.72. The highest BCUT2D eigenvalue weighted by molar-refractivity contribution is 7.10. The molecular weight excluding hydrogens is 406 g/mol. The molecule has 0 spiro atoms. The van der Waals surface area contributed by atoms with Gasteiger partial charge in [0.15, 0.2) is 0 Å². The molecule has 0 bridgehead atoms. The van der Waals surface area contributed by atoms with Gasteiger partial charge in [0.25, 0.3) is 0 Å². The van der Waals surface area contributed by atoms with E-state index in [2.05, 4.69) is 10.6 Å². The molecule has 7 nitrogen and oxygen atoms in total. The quantitative estimate of drug-likeness (QED) is 0.698. The summed E-state index contributed by atoms with van der Waals surface area (Å²) in [6.45, 7) is 1.21. The van der Waals surface area contributed by atoms with Gasteiger partial charge >= 0.3 is 18.0 Å². The Bertz CT molecular complexity index is 975. The highest BCUT2D eigenvalue weighted by atomic mass is 32.1. The number of amides is 2. The van der Waals surface area contributed by atoms with Crippen molar-refractivity contribution in [2.75, 3.05) is 13.2 Å². The number of halogens is 2. The summed E-state index contributed by atoms with van der Waals surface area (Å²) in [6.07, 6.45) is 0. The SMILES string of the molecule is CCOC(=O)C1=C(COC(=O)c2ccc(F)cc2F)NC(=O)N[C@@H]1c1cccs1. The second-order valence-corrected chi connectivity index (χ2v) is 6.84. The molecule has 0 saturated carbocycles. The molecule has 29 heavy (non-hydrogen) atoms. The predicted molar refractivity (Wildman–Crippen MR) is 99.0 cm³/mol. The zero-order valence-electron chi connectivity index (χ0n) is 15.2. The number of esters is 2. The summed E-state index contributed by atoms with van der Waals surface area (Å²) < 4.78 is 36.9. The lowest BCUT2D eigenvalue weighted by atomic mass is 10.0. The lowest BCUT2D eigenvalue weighted by Crippen LogP contribution is -2.46. The number of hydrogen-bond donors (Lipinski definition) is 2. The molecule has 0 saturated heterocycles. The third kappa shape index (κ3) is 4.60. The maximum atomic E-state index is 13.8. The first-order chi connectivity index (χ1) is 13.9. The number of urea groups is 1. The summed E-state index contributed by atoms with van der Waals surface area (Å²) in [6, 6.07) is 4.52. The number of carbonyl (C=O) groups is 3. The van der Waals surface area contributed by atoms with Crippen LogP contribution in [0.2, 0.25) is 0 Å². The molecule has 0 aliphatic carbocycles. The number of benzene rings is 1. The van der Waals surface area contributed by atoms with E-state index in [1.165, 1.54) is 11.3 Å². The number of nitrogens with one attached hydrogen (secondary N) is 2. The minimum absolute atomic E-state index is 0.0152. The molecule has 2 aromatic rings. The summed E-state index contributed by atoms with van der Waals surface area (Å²) in [4.78, 5) is 37.4. The average molecular weight is 422 g/mol. The molecule has 1 aliphatic heterocycles. The summed E-state index contributed by atoms with van der Waals surface area (Å²) in [5.41, 5.74) is -0.387. The largest absolute Gasteiger partial charge is 0.463 e. The first-order valence-corrected chi connectivity index (χ1v) is 9.42. The maximum absolute atomic E-state index is 13.8. The van der Waals surface area contributed by atoms with Crippen molar-refractivity contribution in [3.8, 4) is 0 Å². The minimum Gasteiger partial charge on any atom is -0.463 e. The smallest absolute Gasteiger partial charge is 0.341 e. The van der Waals surface area contributed by atoms with E-state index in [0.717, 1.165) is 12.1 Å². The van der Waals surface area contributed by atoms with Crippen LogP contribution in [0, 0.1) is 11.6 Å². The molecule has 0 radical (unpaired) electrons. The van der Waals surface area contributed by atoms with Crippen LogP contribution in [0.3, 0.4) is 0 Å². The van der Waals surface area contributed by atoms with E-state index in [1.807, 2.05) is 0 Å². The highest BCUT2D eigenvalue weighted by Crippen LogP contribution is 2.30. The Hall–Kier alpha value is -3.27. The van der Waals surface area contributed by atoms with E-state index in [-0.39, 0.29) is 17.9 Å². The van der Waals surface area contributed by atoms with Gasteiger partial charge in [-0.25, -0.2) is 23.2 Å². The van der Waals surface area contributed by atoms with Crippen LogP contribution in [0.5, 0.6) is 0 Å². The number of rotatable bonds is 6. The van der Waals surface area contributed by atoms with Gasteiger partial charge in [0, 0.05) is 10.9 Å². The Labute approximate surface area is 168 Å². The van der Waals surface area contributed by atoms with E-state index in [1.54, 1.807) is 24.4 Å². The Kier molecular flexibility index (Phi) is 6.23. The number of hydrogen-bond acceptors (Lipinski definition) is 6. The third-order valence-electron chi connectivity index (χ3n) is 3.98. The van der Waals surface area contributed by atoms with Gasteiger partial charge < -0.3 is 20.1 Å². The number of ether oxygens (including phenoxy) is 2. The third-order valence-corrected chi connectivity index (χ3v) is 4.91. The first-order valence-electron chi connectivity index (χ1n) is 8.54. The van der Waals surface area contributed by atoms with Gasteiger partial charge in [0.1, 0.15) is 18.2 Å². The van der Waals surface area contributed by atoms with Crippen LogP contribution in [0.15, 0.2) is 47.0 Å². The minimum atomic E-state index is -1.08. The Morgan fingerprint density at radius 3 is 2.62 bits per heavy atom. The molecule has 3 rings (SSSR count). The van der Waals surface area contributed by atoms with Crippen molar-refractivity contribution in [2.24, 2.45) is 0 Å². The van der Waals surface area contributed by atoms with Crippen molar-refractivity contribution in [3.63, 3.8) is 0 Å². The van der Waals surface area contributed by atoms with Crippen LogP contribution < -0.4 is 10.6 Å². The van der Waals surface area contributed by atoms with Crippen molar-refractivity contribution >= 4 is 29.3 Å². The Balaban J connectivity index is 1.89. The van der Waals surface area contributed by atoms with Gasteiger partial charge in [-0.2, -0.15) is 0 Å². The molecule has 0 unspecified atom stereocenters. The Morgan fingerprint density at radius 2 is 1.97 bits per heavy atom. The van der Waals surface area contributed by atoms with Crippen LogP contribution in [0.1, 0.15) is 28.2 Å². The van der Waals surface area contributed by atoms with Crippen molar-refractivity contribution in [2.45, 2.75) is 13.0 Å². The van der Waals surface area contributed by atoms with Gasteiger partial charge in [0.2, 0.25) is 0 Å². The molecule has 10 heteroatoms. The van der Waals surface area contributed by atoms with Gasteiger partial charge in [-0.3, -0.25) is 0 Å².